The normalized spacial score (nSPS) is 22.6. The number of nitrogens with zero attached hydrogens (tertiary/aromatic N) is 4. The smallest absolute Gasteiger partial charge is 0.266 e. The predicted octanol–water partition coefficient (Wildman–Crippen LogP) is 6.11. The number of piperazine rings is 1. The van der Waals surface area contributed by atoms with Gasteiger partial charge in [-0.25, -0.2) is 0 Å². The molecule has 0 spiro atoms. The van der Waals surface area contributed by atoms with E-state index in [1.807, 2.05) is 13.0 Å². The minimum Gasteiger partial charge on any atom is -0.493 e. The van der Waals surface area contributed by atoms with Crippen LogP contribution < -0.4 is 25.6 Å². The summed E-state index contributed by atoms with van der Waals surface area (Å²) in [7, 11) is 0. The maximum absolute atomic E-state index is 14.0. The number of ether oxygens (including phenoxy) is 2. The molecule has 0 saturated carbocycles. The molecule has 4 unspecified atom stereocenters. The van der Waals surface area contributed by atoms with Gasteiger partial charge in [0.25, 0.3) is 17.7 Å². The molecule has 0 radical (unpaired) electrons. The number of fused-ring (bicyclic) bond motifs is 1. The highest BCUT2D eigenvalue weighted by Crippen LogP contribution is 2.36. The summed E-state index contributed by atoms with van der Waals surface area (Å²) in [6.45, 7) is 17.4. The van der Waals surface area contributed by atoms with Crippen LogP contribution in [0.5, 0.6) is 5.75 Å². The first-order chi connectivity index (χ1) is 33.4. The second-order valence-corrected chi connectivity index (χ2v) is 19.8. The Morgan fingerprint density at radius 3 is 2.29 bits per heavy atom. The highest BCUT2D eigenvalue weighted by molar-refractivity contribution is 6.24. The van der Waals surface area contributed by atoms with E-state index in [0.29, 0.717) is 30.5 Å². The summed E-state index contributed by atoms with van der Waals surface area (Å²) >= 11 is 0. The Balaban J connectivity index is 0.782. The molecule has 0 bridgehead atoms. The van der Waals surface area contributed by atoms with Gasteiger partial charge in [0, 0.05) is 88.8 Å². The summed E-state index contributed by atoms with van der Waals surface area (Å²) in [6.07, 6.45) is 8.13. The van der Waals surface area contributed by atoms with E-state index in [1.165, 1.54) is 5.56 Å². The van der Waals surface area contributed by atoms with Crippen LogP contribution in [0.1, 0.15) is 127 Å². The lowest BCUT2D eigenvalue weighted by Crippen LogP contribution is -2.54. The summed E-state index contributed by atoms with van der Waals surface area (Å²) in [4.78, 5) is 86.0. The van der Waals surface area contributed by atoms with Crippen molar-refractivity contribution in [1.29, 1.82) is 0 Å². The van der Waals surface area contributed by atoms with E-state index in [0.717, 1.165) is 138 Å². The second-order valence-electron chi connectivity index (χ2n) is 19.8. The van der Waals surface area contributed by atoms with E-state index in [1.54, 1.807) is 18.2 Å². The van der Waals surface area contributed by atoms with Crippen LogP contribution in [0.4, 0.5) is 5.69 Å². The average Bonchev–Trinajstić information content (AvgIpc) is 3.59. The first-order valence-corrected chi connectivity index (χ1v) is 25.5. The molecule has 3 aromatic carbocycles. The third kappa shape index (κ3) is 11.7. The van der Waals surface area contributed by atoms with Crippen LogP contribution >= 0.6 is 0 Å². The number of carbonyl (C=O) groups excluding carboxylic acids is 6. The summed E-state index contributed by atoms with van der Waals surface area (Å²) in [6, 6.07) is 17.5. The standard InChI is InChI=1S/C54H71N7O8/c1-5-60(41-20-28-68-29-21-41)46-32-40(31-43(37(46)4)50(63)55-33-44-35(2)30-36(3)56-51(44)64)39-16-14-38(15-17-39)34-59-25-23-58(24-26-59)22-9-7-6-8-10-27-69-47-13-11-12-42-49(47)54(67)61(53(42)66)45-18-19-48(62)57-52(45)65/h11-17,31-32,35-36,41,44-45H,5-10,18-30,33-34H2,1-4H3,(H,55,63)(H,56,64)(H,57,62,65). The van der Waals surface area contributed by atoms with Gasteiger partial charge < -0.3 is 29.9 Å². The van der Waals surface area contributed by atoms with Crippen molar-refractivity contribution in [2.75, 3.05) is 70.5 Å². The molecule has 5 heterocycles. The molecule has 8 rings (SSSR count). The van der Waals surface area contributed by atoms with Gasteiger partial charge in [-0.15, -0.1) is 0 Å². The monoisotopic (exact) mass is 946 g/mol. The summed E-state index contributed by atoms with van der Waals surface area (Å²) < 4.78 is 11.7. The van der Waals surface area contributed by atoms with Gasteiger partial charge in [0.05, 0.1) is 23.7 Å². The van der Waals surface area contributed by atoms with Crippen molar-refractivity contribution in [3.63, 3.8) is 0 Å². The SMILES string of the molecule is CCN(c1cc(-c2ccc(CN3CCN(CCCCCCCOc4cccc5c4C(=O)N(C4CCC(=O)NC4=O)C5=O)CC3)cc2)cc(C(=O)NCC2C(=O)NC(C)CC2C)c1C)C1CCOCC1. The van der Waals surface area contributed by atoms with Crippen molar-refractivity contribution < 1.29 is 38.2 Å². The van der Waals surface area contributed by atoms with Gasteiger partial charge in [0.1, 0.15) is 11.8 Å². The zero-order valence-corrected chi connectivity index (χ0v) is 41.0. The van der Waals surface area contributed by atoms with Gasteiger partial charge in [-0.1, -0.05) is 56.5 Å². The van der Waals surface area contributed by atoms with Crippen molar-refractivity contribution in [3.8, 4) is 16.9 Å². The van der Waals surface area contributed by atoms with Gasteiger partial charge in [0.2, 0.25) is 17.7 Å². The first-order valence-electron chi connectivity index (χ1n) is 25.5. The molecule has 15 heteroatoms. The predicted molar refractivity (Wildman–Crippen MR) is 264 cm³/mol. The highest BCUT2D eigenvalue weighted by atomic mass is 16.5. The van der Waals surface area contributed by atoms with E-state index in [9.17, 15) is 28.8 Å². The third-order valence-corrected chi connectivity index (χ3v) is 15.0. The van der Waals surface area contributed by atoms with E-state index >= 15 is 0 Å². The number of anilines is 1. The number of imide groups is 2. The molecule has 4 fully saturated rings. The number of unbranched alkanes of at least 4 members (excludes halogenated alkanes) is 4. The van der Waals surface area contributed by atoms with Crippen LogP contribution in [0.25, 0.3) is 11.1 Å². The first kappa shape index (κ1) is 49.8. The lowest BCUT2D eigenvalue weighted by Gasteiger charge is -2.37. The van der Waals surface area contributed by atoms with E-state index in [4.69, 9.17) is 9.47 Å². The third-order valence-electron chi connectivity index (χ3n) is 15.0. The zero-order valence-electron chi connectivity index (χ0n) is 41.0. The number of nitrogens with one attached hydrogen (secondary N) is 3. The molecule has 0 aromatic heterocycles. The summed E-state index contributed by atoms with van der Waals surface area (Å²) in [5, 5.41) is 8.44. The Morgan fingerprint density at radius 1 is 0.841 bits per heavy atom. The average molecular weight is 946 g/mol. The van der Waals surface area contributed by atoms with Crippen LogP contribution in [0.2, 0.25) is 0 Å². The van der Waals surface area contributed by atoms with Crippen LogP contribution in [0.3, 0.4) is 0 Å². The van der Waals surface area contributed by atoms with Gasteiger partial charge >= 0.3 is 0 Å². The Morgan fingerprint density at radius 2 is 1.57 bits per heavy atom. The van der Waals surface area contributed by atoms with E-state index in [-0.39, 0.29) is 53.7 Å². The Labute approximate surface area is 407 Å². The topological polar surface area (TPSA) is 170 Å². The van der Waals surface area contributed by atoms with Gasteiger partial charge in [0.15, 0.2) is 0 Å². The molecule has 69 heavy (non-hydrogen) atoms. The number of hydrogen-bond acceptors (Lipinski definition) is 11. The molecular weight excluding hydrogens is 875 g/mol. The van der Waals surface area contributed by atoms with E-state index in [2.05, 4.69) is 81.8 Å². The number of benzene rings is 3. The highest BCUT2D eigenvalue weighted by Gasteiger charge is 2.46. The minimum absolute atomic E-state index is 0.0103. The lowest BCUT2D eigenvalue weighted by atomic mass is 9.84. The molecule has 5 aliphatic rings. The number of piperidine rings is 2. The summed E-state index contributed by atoms with van der Waals surface area (Å²) in [5.41, 5.74) is 6.42. The number of hydrogen-bond donors (Lipinski definition) is 3. The van der Waals surface area contributed by atoms with Crippen molar-refractivity contribution in [2.45, 2.75) is 117 Å². The fraction of sp³-hybridized carbons (Fsp3) is 0.556. The Hall–Kier alpha value is -5.64. The molecular formula is C54H71N7O8. The number of carbonyl (C=O) groups is 6. The largest absolute Gasteiger partial charge is 0.493 e. The van der Waals surface area contributed by atoms with Gasteiger partial charge in [-0.2, -0.15) is 0 Å². The maximum Gasteiger partial charge on any atom is 0.266 e. The summed E-state index contributed by atoms with van der Waals surface area (Å²) in [5.74, 6) is -1.97. The lowest BCUT2D eigenvalue weighted by molar-refractivity contribution is -0.136. The van der Waals surface area contributed by atoms with Crippen molar-refractivity contribution in [3.05, 3.63) is 82.4 Å². The molecule has 5 aliphatic heterocycles. The fourth-order valence-electron chi connectivity index (χ4n) is 11.0. The molecule has 4 atom stereocenters. The second kappa shape index (κ2) is 22.9. The van der Waals surface area contributed by atoms with Crippen molar-refractivity contribution in [1.82, 2.24) is 30.7 Å². The molecule has 6 amide bonds. The van der Waals surface area contributed by atoms with Gasteiger partial charge in [-0.05, 0) is 118 Å². The number of amides is 6. The van der Waals surface area contributed by atoms with E-state index < -0.39 is 29.7 Å². The molecule has 3 N–H and O–H groups in total. The fourth-order valence-corrected chi connectivity index (χ4v) is 11.0. The molecule has 370 valence electrons. The minimum atomic E-state index is -1.00. The quantitative estimate of drug-likeness (QED) is 0.0938. The van der Waals surface area contributed by atoms with Crippen molar-refractivity contribution >= 4 is 41.1 Å². The molecule has 3 aromatic rings. The zero-order chi connectivity index (χ0) is 48.6. The number of rotatable bonds is 19. The molecule has 15 nitrogen and oxygen atoms in total. The Kier molecular flexibility index (Phi) is 16.5. The molecule has 4 saturated heterocycles. The van der Waals surface area contributed by atoms with Crippen molar-refractivity contribution in [2.24, 2.45) is 11.8 Å². The van der Waals surface area contributed by atoms with Crippen LogP contribution in [0.15, 0.2) is 54.6 Å². The molecule has 0 aliphatic carbocycles. The Bertz CT molecular complexity index is 2360. The maximum atomic E-state index is 14.0. The van der Waals surface area contributed by atoms with Crippen LogP contribution in [0, 0.1) is 18.8 Å². The van der Waals surface area contributed by atoms with Crippen LogP contribution in [-0.4, -0.2) is 134 Å². The van der Waals surface area contributed by atoms with Gasteiger partial charge in [-0.3, -0.25) is 43.9 Å². The van der Waals surface area contributed by atoms with Crippen LogP contribution in [-0.2, 0) is 25.7 Å².